The van der Waals surface area contributed by atoms with Crippen LogP contribution in [0, 0.1) is 32.9 Å². The molecule has 6 nitrogen and oxygen atoms in total. The summed E-state index contributed by atoms with van der Waals surface area (Å²) >= 11 is 0. The molecule has 0 saturated heterocycles. The van der Waals surface area contributed by atoms with Gasteiger partial charge in [0, 0.05) is 41.0 Å². The van der Waals surface area contributed by atoms with Crippen molar-refractivity contribution >= 4 is 21.8 Å². The van der Waals surface area contributed by atoms with Crippen LogP contribution in [0.15, 0.2) is 85.3 Å². The van der Waals surface area contributed by atoms with E-state index in [0.717, 1.165) is 57.5 Å². The summed E-state index contributed by atoms with van der Waals surface area (Å²) in [6.07, 6.45) is 7.78. The first-order chi connectivity index (χ1) is 22.4. The molecular weight excluding hydrogens is 764 g/mol. The van der Waals surface area contributed by atoms with Crippen LogP contribution in [-0.4, -0.2) is 26.4 Å². The van der Waals surface area contributed by atoms with E-state index in [4.69, 9.17) is 14.6 Å². The van der Waals surface area contributed by atoms with Gasteiger partial charge >= 0.3 is 21.1 Å². The number of ether oxygens (including phenoxy) is 2. The second-order valence-electron chi connectivity index (χ2n) is 11.6. The van der Waals surface area contributed by atoms with Crippen molar-refractivity contribution in [1.82, 2.24) is 19.3 Å². The molecular formula is C40H36N4O2Pt. The average molecular weight is 800 g/mol. The molecule has 0 bridgehead atoms. The fourth-order valence-electron chi connectivity index (χ4n) is 6.68. The summed E-state index contributed by atoms with van der Waals surface area (Å²) in [5, 5.41) is 6.95. The summed E-state index contributed by atoms with van der Waals surface area (Å²) < 4.78 is 15.8. The maximum Gasteiger partial charge on any atom is 2.00 e. The molecule has 0 unspecified atom stereocenters. The zero-order valence-corrected chi connectivity index (χ0v) is 29.7. The van der Waals surface area contributed by atoms with E-state index in [1.54, 1.807) is 13.3 Å². The van der Waals surface area contributed by atoms with E-state index in [1.165, 1.54) is 33.4 Å². The smallest absolute Gasteiger partial charge is 0.509 e. The van der Waals surface area contributed by atoms with Gasteiger partial charge in [0.25, 0.3) is 0 Å². The quantitative estimate of drug-likeness (QED) is 0.144. The van der Waals surface area contributed by atoms with Crippen molar-refractivity contribution in [3.8, 4) is 39.9 Å². The Balaban J connectivity index is 0.00000386. The van der Waals surface area contributed by atoms with Crippen molar-refractivity contribution in [2.24, 2.45) is 0 Å². The SMILES string of the molecule is CCc1c(C)c(C)c(C)c(CC)c1-c1cnn(-c2[c-]c(Oc3[c-]c4c(cc3)c3ccccc3n4-c3cc(OC)ccn3)ccc2)c1.[Pt+2]. The van der Waals surface area contributed by atoms with Crippen molar-refractivity contribution in [2.45, 2.75) is 47.5 Å². The molecule has 7 rings (SSSR count). The van der Waals surface area contributed by atoms with Crippen LogP contribution in [0.4, 0.5) is 0 Å². The first-order valence-corrected chi connectivity index (χ1v) is 15.7. The normalized spacial score (nSPS) is 11.2. The molecule has 7 aromatic rings. The van der Waals surface area contributed by atoms with Crippen LogP contribution in [0.25, 0.3) is 44.4 Å². The van der Waals surface area contributed by atoms with Crippen LogP contribution in [-0.2, 0) is 33.9 Å². The molecule has 238 valence electrons. The molecule has 0 saturated carbocycles. The number of aromatic nitrogens is 4. The van der Waals surface area contributed by atoms with Crippen LogP contribution < -0.4 is 9.47 Å². The first-order valence-electron chi connectivity index (χ1n) is 15.7. The standard InChI is InChI=1S/C40H36N4O2.Pt/c1-7-33-26(4)25(3)27(5)34(8-2)40(33)28-23-42-43(24-28)29-12-11-13-31(20-29)46-32-16-17-36-35-14-9-10-15-37(35)44(38(36)21-32)39-22-30(45-6)18-19-41-39;/h9-19,22-24H,7-8H2,1-6H3;/q-2;+2. The number of hydrogen-bond acceptors (Lipinski definition) is 4. The van der Waals surface area contributed by atoms with Gasteiger partial charge in [0.2, 0.25) is 0 Å². The molecule has 4 aromatic carbocycles. The number of benzene rings is 4. The van der Waals surface area contributed by atoms with Crippen molar-refractivity contribution < 1.29 is 30.5 Å². The van der Waals surface area contributed by atoms with E-state index < -0.39 is 0 Å². The van der Waals surface area contributed by atoms with E-state index in [-0.39, 0.29) is 21.1 Å². The molecule has 0 atom stereocenters. The summed E-state index contributed by atoms with van der Waals surface area (Å²) in [4.78, 5) is 4.65. The minimum Gasteiger partial charge on any atom is -0.509 e. The van der Waals surface area contributed by atoms with Crippen LogP contribution in [0.2, 0.25) is 0 Å². The molecule has 7 heteroatoms. The van der Waals surface area contributed by atoms with Crippen LogP contribution >= 0.6 is 0 Å². The van der Waals surface area contributed by atoms with Crippen LogP contribution in [0.5, 0.6) is 17.2 Å². The summed E-state index contributed by atoms with van der Waals surface area (Å²) in [5.74, 6) is 2.65. The Labute approximate surface area is 290 Å². The van der Waals surface area contributed by atoms with Gasteiger partial charge in [-0.3, -0.25) is 4.68 Å². The summed E-state index contributed by atoms with van der Waals surface area (Å²) in [6.45, 7) is 11.2. The third kappa shape index (κ3) is 5.65. The van der Waals surface area contributed by atoms with E-state index >= 15 is 0 Å². The van der Waals surface area contributed by atoms with Crippen LogP contribution in [0.3, 0.4) is 0 Å². The molecule has 0 aliphatic rings. The zero-order valence-electron chi connectivity index (χ0n) is 27.4. The maximum atomic E-state index is 6.38. The van der Waals surface area contributed by atoms with Crippen molar-refractivity contribution in [1.29, 1.82) is 0 Å². The monoisotopic (exact) mass is 799 g/mol. The van der Waals surface area contributed by atoms with E-state index in [2.05, 4.69) is 80.7 Å². The fourth-order valence-corrected chi connectivity index (χ4v) is 6.68. The van der Waals surface area contributed by atoms with Crippen LogP contribution in [0.1, 0.15) is 41.7 Å². The molecule has 0 radical (unpaired) electrons. The predicted molar refractivity (Wildman–Crippen MR) is 185 cm³/mol. The Morgan fingerprint density at radius 3 is 2.28 bits per heavy atom. The van der Waals surface area contributed by atoms with Gasteiger partial charge in [-0.25, -0.2) is 4.98 Å². The molecule has 3 aromatic heterocycles. The minimum absolute atomic E-state index is 0. The Hall–Kier alpha value is -4.67. The number of fused-ring (bicyclic) bond motifs is 3. The van der Waals surface area contributed by atoms with Crippen molar-refractivity contribution in [3.63, 3.8) is 0 Å². The molecule has 47 heavy (non-hydrogen) atoms. The molecule has 0 fully saturated rings. The summed E-state index contributed by atoms with van der Waals surface area (Å²) in [5.41, 5.74) is 12.1. The number of para-hydroxylation sites is 1. The number of hydrogen-bond donors (Lipinski definition) is 0. The van der Waals surface area contributed by atoms with Gasteiger partial charge in [-0.05, 0) is 90.2 Å². The third-order valence-corrected chi connectivity index (χ3v) is 9.17. The summed E-state index contributed by atoms with van der Waals surface area (Å²) in [7, 11) is 1.66. The molecule has 0 aliphatic carbocycles. The molecule has 0 N–H and O–H groups in total. The van der Waals surface area contributed by atoms with Gasteiger partial charge in [0.1, 0.15) is 11.6 Å². The minimum atomic E-state index is 0. The molecule has 0 amide bonds. The maximum absolute atomic E-state index is 6.38. The van der Waals surface area contributed by atoms with E-state index in [1.807, 2.05) is 59.4 Å². The molecule has 0 spiro atoms. The molecule has 0 aliphatic heterocycles. The number of methoxy groups -OCH3 is 1. The Kier molecular flexibility index (Phi) is 9.07. The predicted octanol–water partition coefficient (Wildman–Crippen LogP) is 9.48. The number of nitrogens with zero attached hydrogens (tertiary/aromatic N) is 4. The Morgan fingerprint density at radius 1 is 0.787 bits per heavy atom. The largest absolute Gasteiger partial charge is 2.00 e. The van der Waals surface area contributed by atoms with Gasteiger partial charge in [-0.15, -0.1) is 35.7 Å². The van der Waals surface area contributed by atoms with Gasteiger partial charge in [-0.2, -0.15) is 17.2 Å². The first kappa shape index (κ1) is 32.3. The second-order valence-corrected chi connectivity index (χ2v) is 11.6. The fraction of sp³-hybridized carbons (Fsp3) is 0.200. The number of rotatable bonds is 8. The number of pyridine rings is 1. The van der Waals surface area contributed by atoms with Gasteiger partial charge in [0.15, 0.2) is 0 Å². The molecule has 3 heterocycles. The van der Waals surface area contributed by atoms with E-state index in [9.17, 15) is 0 Å². The average Bonchev–Trinajstić information content (AvgIpc) is 3.70. The zero-order chi connectivity index (χ0) is 31.9. The second kappa shape index (κ2) is 13.2. The third-order valence-electron chi connectivity index (χ3n) is 9.17. The van der Waals surface area contributed by atoms with Crippen molar-refractivity contribution in [3.05, 3.63) is 125 Å². The van der Waals surface area contributed by atoms with Gasteiger partial charge in [0.05, 0.1) is 13.3 Å². The van der Waals surface area contributed by atoms with Gasteiger partial charge in [-0.1, -0.05) is 37.6 Å². The summed E-state index contributed by atoms with van der Waals surface area (Å²) in [6, 6.07) is 28.9. The van der Waals surface area contributed by atoms with Gasteiger partial charge < -0.3 is 14.0 Å². The Bertz CT molecular complexity index is 2220. The Morgan fingerprint density at radius 2 is 1.53 bits per heavy atom. The topological polar surface area (TPSA) is 54.1 Å². The van der Waals surface area contributed by atoms with Crippen molar-refractivity contribution in [2.75, 3.05) is 7.11 Å². The van der Waals surface area contributed by atoms with E-state index in [0.29, 0.717) is 11.5 Å².